The highest BCUT2D eigenvalue weighted by molar-refractivity contribution is 5.95. The third kappa shape index (κ3) is 4.53. The molecular formula is C25H36N2O4. The Hall–Kier alpha value is -2.24. The summed E-state index contributed by atoms with van der Waals surface area (Å²) in [4.78, 5) is 30.6. The van der Waals surface area contributed by atoms with Crippen molar-refractivity contribution < 1.29 is 19.1 Å². The second-order valence-corrected chi connectivity index (χ2v) is 9.48. The lowest BCUT2D eigenvalue weighted by Gasteiger charge is -2.48. The number of piperidine rings is 2. The second-order valence-electron chi connectivity index (χ2n) is 9.48. The molecule has 1 aliphatic carbocycles. The van der Waals surface area contributed by atoms with Crippen molar-refractivity contribution >= 4 is 11.8 Å². The Kier molecular flexibility index (Phi) is 6.73. The molecule has 0 N–H and O–H groups in total. The van der Waals surface area contributed by atoms with Gasteiger partial charge in [0, 0.05) is 43.2 Å². The van der Waals surface area contributed by atoms with Crippen molar-refractivity contribution in [3.63, 3.8) is 0 Å². The first-order chi connectivity index (χ1) is 15.0. The van der Waals surface area contributed by atoms with Gasteiger partial charge in [-0.1, -0.05) is 19.8 Å². The Balaban J connectivity index is 1.38. The molecule has 3 unspecified atom stereocenters. The molecule has 2 saturated heterocycles. The summed E-state index contributed by atoms with van der Waals surface area (Å²) in [6, 6.07) is 5.70. The molecule has 4 rings (SSSR count). The summed E-state index contributed by atoms with van der Waals surface area (Å²) in [5.74, 6) is 2.97. The normalized spacial score (nSPS) is 26.9. The van der Waals surface area contributed by atoms with Crippen molar-refractivity contribution in [3.8, 4) is 11.5 Å². The van der Waals surface area contributed by atoms with E-state index in [2.05, 4.69) is 11.8 Å². The van der Waals surface area contributed by atoms with E-state index in [1.54, 1.807) is 32.4 Å². The van der Waals surface area contributed by atoms with Crippen molar-refractivity contribution in [1.82, 2.24) is 9.80 Å². The molecule has 6 nitrogen and oxygen atoms in total. The molecule has 0 radical (unpaired) electrons. The molecule has 1 saturated carbocycles. The molecule has 170 valence electrons. The molecule has 2 heterocycles. The molecule has 6 heteroatoms. The summed E-state index contributed by atoms with van der Waals surface area (Å²) in [6.45, 7) is 4.51. The fourth-order valence-electron chi connectivity index (χ4n) is 5.86. The Morgan fingerprint density at radius 3 is 2.16 bits per heavy atom. The summed E-state index contributed by atoms with van der Waals surface area (Å²) in [5.41, 5.74) is 0.566. The van der Waals surface area contributed by atoms with Gasteiger partial charge in [-0.25, -0.2) is 0 Å². The molecule has 31 heavy (non-hydrogen) atoms. The van der Waals surface area contributed by atoms with Gasteiger partial charge in [-0.3, -0.25) is 9.59 Å². The third-order valence-electron chi connectivity index (χ3n) is 7.75. The number of likely N-dealkylation sites (tertiary alicyclic amines) is 2. The van der Waals surface area contributed by atoms with Gasteiger partial charge in [0.2, 0.25) is 5.91 Å². The second kappa shape index (κ2) is 9.49. The minimum absolute atomic E-state index is 0.0257. The van der Waals surface area contributed by atoms with Gasteiger partial charge in [0.1, 0.15) is 11.5 Å². The maximum Gasteiger partial charge on any atom is 0.254 e. The van der Waals surface area contributed by atoms with Gasteiger partial charge >= 0.3 is 0 Å². The first-order valence-corrected chi connectivity index (χ1v) is 11.8. The highest BCUT2D eigenvalue weighted by atomic mass is 16.5. The van der Waals surface area contributed by atoms with Crippen molar-refractivity contribution in [2.45, 2.75) is 57.9 Å². The largest absolute Gasteiger partial charge is 0.497 e. The molecular weight excluding hydrogens is 392 g/mol. The van der Waals surface area contributed by atoms with Crippen molar-refractivity contribution in [2.75, 3.05) is 33.9 Å². The maximum absolute atomic E-state index is 13.4. The summed E-state index contributed by atoms with van der Waals surface area (Å²) in [5, 5.41) is 0. The van der Waals surface area contributed by atoms with Gasteiger partial charge in [0.15, 0.2) is 0 Å². The van der Waals surface area contributed by atoms with E-state index in [4.69, 9.17) is 9.47 Å². The van der Waals surface area contributed by atoms with Gasteiger partial charge in [-0.05, 0) is 56.1 Å². The molecule has 1 aromatic carbocycles. The predicted octanol–water partition coefficient (Wildman–Crippen LogP) is 3.98. The van der Waals surface area contributed by atoms with Gasteiger partial charge in [0.05, 0.1) is 14.2 Å². The fraction of sp³-hybridized carbons (Fsp3) is 0.680. The standard InChI is InChI=1S/C25H36N2O4/c1-17-8-13-27(23-7-5-4-6-22(17)23)25(29)18-9-11-26(12-10-18)24(28)19-14-20(30-2)16-21(15-19)31-3/h14-18,22-23H,4-13H2,1-3H3. The molecule has 1 aromatic rings. The van der Waals surface area contributed by atoms with Crippen molar-refractivity contribution in [3.05, 3.63) is 23.8 Å². The number of methoxy groups -OCH3 is 2. The van der Waals surface area contributed by atoms with Crippen LogP contribution in [0.4, 0.5) is 0 Å². The number of hydrogen-bond donors (Lipinski definition) is 0. The molecule has 0 bridgehead atoms. The smallest absolute Gasteiger partial charge is 0.254 e. The van der Waals surface area contributed by atoms with Crippen LogP contribution in [-0.2, 0) is 4.79 Å². The summed E-state index contributed by atoms with van der Waals surface area (Å²) < 4.78 is 10.6. The van der Waals surface area contributed by atoms with Crippen LogP contribution in [0.2, 0.25) is 0 Å². The van der Waals surface area contributed by atoms with Gasteiger partial charge in [-0.2, -0.15) is 0 Å². The average molecular weight is 429 g/mol. The minimum Gasteiger partial charge on any atom is -0.497 e. The van der Waals surface area contributed by atoms with Gasteiger partial charge < -0.3 is 19.3 Å². The van der Waals surface area contributed by atoms with E-state index in [1.807, 2.05) is 4.90 Å². The summed E-state index contributed by atoms with van der Waals surface area (Å²) in [7, 11) is 3.16. The van der Waals surface area contributed by atoms with Crippen LogP contribution >= 0.6 is 0 Å². The maximum atomic E-state index is 13.4. The lowest BCUT2D eigenvalue weighted by Crippen LogP contribution is -2.55. The minimum atomic E-state index is -0.0257. The molecule has 2 amide bonds. The highest BCUT2D eigenvalue weighted by Gasteiger charge is 2.41. The monoisotopic (exact) mass is 428 g/mol. The molecule has 2 aliphatic heterocycles. The van der Waals surface area contributed by atoms with Crippen LogP contribution in [0.1, 0.15) is 62.2 Å². The number of carbonyl (C=O) groups excluding carboxylic acids is 2. The van der Waals surface area contributed by atoms with Crippen molar-refractivity contribution in [1.29, 1.82) is 0 Å². The van der Waals surface area contributed by atoms with Crippen molar-refractivity contribution in [2.24, 2.45) is 17.8 Å². The van der Waals surface area contributed by atoms with Crippen LogP contribution in [0.25, 0.3) is 0 Å². The van der Waals surface area contributed by atoms with Crippen LogP contribution in [0.15, 0.2) is 18.2 Å². The third-order valence-corrected chi connectivity index (χ3v) is 7.75. The van der Waals surface area contributed by atoms with Crippen LogP contribution in [0.3, 0.4) is 0 Å². The number of carbonyl (C=O) groups is 2. The Morgan fingerprint density at radius 1 is 0.871 bits per heavy atom. The first-order valence-electron chi connectivity index (χ1n) is 11.8. The molecule has 0 spiro atoms. The van der Waals surface area contributed by atoms with E-state index in [0.29, 0.717) is 48.0 Å². The summed E-state index contributed by atoms with van der Waals surface area (Å²) >= 11 is 0. The predicted molar refractivity (Wildman–Crippen MR) is 119 cm³/mol. The topological polar surface area (TPSA) is 59.1 Å². The number of ether oxygens (including phenoxy) is 2. The first kappa shape index (κ1) is 22.0. The SMILES string of the molecule is COc1cc(OC)cc(C(=O)N2CCC(C(=O)N3CCC(C)C4CCCCC43)CC2)c1. The van der Waals surface area contributed by atoms with Gasteiger partial charge in [0.25, 0.3) is 5.91 Å². The number of nitrogens with zero attached hydrogens (tertiary/aromatic N) is 2. The highest BCUT2D eigenvalue weighted by Crippen LogP contribution is 2.40. The summed E-state index contributed by atoms with van der Waals surface area (Å²) in [6.07, 6.45) is 7.60. The number of rotatable bonds is 4. The van der Waals surface area contributed by atoms with Crippen LogP contribution in [0, 0.1) is 17.8 Å². The number of fused-ring (bicyclic) bond motifs is 1. The number of hydrogen-bond acceptors (Lipinski definition) is 4. The van der Waals surface area contributed by atoms with E-state index >= 15 is 0 Å². The van der Waals surface area contributed by atoms with Crippen LogP contribution in [-0.4, -0.2) is 61.5 Å². The zero-order valence-corrected chi connectivity index (χ0v) is 19.1. The van der Waals surface area contributed by atoms with Gasteiger partial charge in [-0.15, -0.1) is 0 Å². The quantitative estimate of drug-likeness (QED) is 0.728. The zero-order chi connectivity index (χ0) is 22.0. The average Bonchev–Trinajstić information content (AvgIpc) is 2.83. The lowest BCUT2D eigenvalue weighted by atomic mass is 9.72. The number of benzene rings is 1. The van der Waals surface area contributed by atoms with E-state index in [-0.39, 0.29) is 11.8 Å². The molecule has 0 aromatic heterocycles. The number of amides is 2. The Bertz CT molecular complexity index is 780. The van der Waals surface area contributed by atoms with E-state index in [0.717, 1.165) is 38.1 Å². The van der Waals surface area contributed by atoms with E-state index in [1.165, 1.54) is 19.3 Å². The Morgan fingerprint density at radius 2 is 1.52 bits per heavy atom. The van der Waals surface area contributed by atoms with E-state index in [9.17, 15) is 9.59 Å². The Labute approximate surface area is 185 Å². The molecule has 3 aliphatic rings. The molecule has 3 atom stereocenters. The fourth-order valence-corrected chi connectivity index (χ4v) is 5.86. The zero-order valence-electron chi connectivity index (χ0n) is 19.1. The lowest BCUT2D eigenvalue weighted by molar-refractivity contribution is -0.144. The van der Waals surface area contributed by atoms with Crippen LogP contribution < -0.4 is 9.47 Å². The van der Waals surface area contributed by atoms with Crippen LogP contribution in [0.5, 0.6) is 11.5 Å². The van der Waals surface area contributed by atoms with E-state index < -0.39 is 0 Å². The molecule has 3 fully saturated rings.